The van der Waals surface area contributed by atoms with Gasteiger partial charge in [-0.2, -0.15) is 5.10 Å². The predicted molar refractivity (Wildman–Crippen MR) is 87.4 cm³/mol. The molecule has 1 heterocycles. The van der Waals surface area contributed by atoms with Crippen LogP contribution in [0.4, 0.5) is 0 Å². The fraction of sp³-hybridized carbons (Fsp3) is 0.278. The number of benzene rings is 2. The van der Waals surface area contributed by atoms with Gasteiger partial charge in [-0.05, 0) is 41.9 Å². The van der Waals surface area contributed by atoms with E-state index in [-0.39, 0.29) is 6.04 Å². The average Bonchev–Trinajstić information content (AvgIpc) is 2.89. The minimum atomic E-state index is 0.160. The van der Waals surface area contributed by atoms with Crippen LogP contribution < -0.4 is 5.32 Å². The van der Waals surface area contributed by atoms with Gasteiger partial charge in [-0.3, -0.25) is 4.68 Å². The number of aryl methyl sites for hydroxylation is 2. The molecule has 0 aliphatic rings. The molecular weight excluding hydrogens is 258 g/mol. The van der Waals surface area contributed by atoms with Crippen LogP contribution in [0, 0.1) is 0 Å². The number of rotatable bonds is 4. The summed E-state index contributed by atoms with van der Waals surface area (Å²) < 4.78 is 1.98. The Balaban J connectivity index is 2.06. The first-order valence-corrected chi connectivity index (χ1v) is 7.41. The van der Waals surface area contributed by atoms with Gasteiger partial charge < -0.3 is 5.32 Å². The summed E-state index contributed by atoms with van der Waals surface area (Å²) in [5.74, 6) is 0. The Morgan fingerprint density at radius 1 is 1.10 bits per heavy atom. The van der Waals surface area contributed by atoms with Crippen LogP contribution in [-0.4, -0.2) is 16.8 Å². The molecule has 0 amide bonds. The molecule has 0 saturated heterocycles. The number of aromatic nitrogens is 2. The van der Waals surface area contributed by atoms with Crippen LogP contribution >= 0.6 is 0 Å². The van der Waals surface area contributed by atoms with E-state index in [1.54, 1.807) is 0 Å². The molecular formula is C18H21N3. The number of nitrogens with one attached hydrogen (secondary N) is 1. The summed E-state index contributed by atoms with van der Waals surface area (Å²) in [6.45, 7) is 2.14. The molecule has 0 radical (unpaired) electrons. The zero-order valence-electron chi connectivity index (χ0n) is 12.8. The molecule has 108 valence electrons. The maximum absolute atomic E-state index is 4.56. The molecule has 3 aromatic rings. The van der Waals surface area contributed by atoms with Crippen LogP contribution in [0.15, 0.2) is 48.5 Å². The van der Waals surface area contributed by atoms with Gasteiger partial charge in [0.25, 0.3) is 0 Å². The lowest BCUT2D eigenvalue weighted by Crippen LogP contribution is -2.20. The zero-order valence-corrected chi connectivity index (χ0v) is 12.8. The van der Waals surface area contributed by atoms with E-state index in [9.17, 15) is 0 Å². The van der Waals surface area contributed by atoms with Crippen LogP contribution in [0.5, 0.6) is 0 Å². The quantitative estimate of drug-likeness (QED) is 0.793. The highest BCUT2D eigenvalue weighted by Gasteiger charge is 2.17. The smallest absolute Gasteiger partial charge is 0.0746 e. The molecule has 3 nitrogen and oxygen atoms in total. The molecule has 21 heavy (non-hydrogen) atoms. The Bertz CT molecular complexity index is 758. The Hall–Kier alpha value is -2.13. The van der Waals surface area contributed by atoms with Crippen LogP contribution in [0.25, 0.3) is 10.8 Å². The van der Waals surface area contributed by atoms with Crippen LogP contribution in [0.1, 0.15) is 29.9 Å². The Morgan fingerprint density at radius 3 is 2.52 bits per heavy atom. The number of hydrogen-bond donors (Lipinski definition) is 1. The topological polar surface area (TPSA) is 29.9 Å². The molecule has 3 rings (SSSR count). The molecule has 0 bridgehead atoms. The highest BCUT2D eigenvalue weighted by molar-refractivity contribution is 5.83. The second-order valence-corrected chi connectivity index (χ2v) is 5.37. The molecule has 0 saturated carbocycles. The summed E-state index contributed by atoms with van der Waals surface area (Å²) in [5.41, 5.74) is 3.60. The van der Waals surface area contributed by atoms with Gasteiger partial charge in [0.15, 0.2) is 0 Å². The summed E-state index contributed by atoms with van der Waals surface area (Å²) in [7, 11) is 4.01. The van der Waals surface area contributed by atoms with Gasteiger partial charge in [-0.1, -0.05) is 43.3 Å². The Morgan fingerprint density at radius 2 is 1.86 bits per heavy atom. The molecule has 0 aliphatic carbocycles. The van der Waals surface area contributed by atoms with Gasteiger partial charge >= 0.3 is 0 Å². The first kappa shape index (κ1) is 13.8. The molecule has 1 N–H and O–H groups in total. The molecule has 1 unspecified atom stereocenters. The minimum Gasteiger partial charge on any atom is -0.308 e. The molecule has 0 fully saturated rings. The van der Waals surface area contributed by atoms with Crippen molar-refractivity contribution in [3.05, 3.63) is 65.5 Å². The van der Waals surface area contributed by atoms with Crippen molar-refractivity contribution in [3.8, 4) is 0 Å². The Labute approximate surface area is 125 Å². The maximum Gasteiger partial charge on any atom is 0.0746 e. The third kappa shape index (κ3) is 2.57. The number of hydrogen-bond acceptors (Lipinski definition) is 2. The molecule has 1 aromatic heterocycles. The van der Waals surface area contributed by atoms with E-state index in [2.05, 4.69) is 65.9 Å². The van der Waals surface area contributed by atoms with E-state index in [1.807, 2.05) is 18.8 Å². The molecule has 0 aliphatic heterocycles. The van der Waals surface area contributed by atoms with E-state index in [0.717, 1.165) is 12.1 Å². The molecule has 1 atom stereocenters. The van der Waals surface area contributed by atoms with Crippen molar-refractivity contribution in [2.24, 2.45) is 7.05 Å². The fourth-order valence-electron chi connectivity index (χ4n) is 2.86. The maximum atomic E-state index is 4.56. The zero-order chi connectivity index (χ0) is 14.8. The number of fused-ring (bicyclic) bond motifs is 1. The van der Waals surface area contributed by atoms with Gasteiger partial charge in [0.05, 0.1) is 17.4 Å². The standard InChI is InChI=1S/C18H21N3/c1-4-16-12-17(21(3)20-16)18(19-2)15-10-9-13-7-5-6-8-14(13)11-15/h5-12,18-19H,4H2,1-3H3. The van der Waals surface area contributed by atoms with Crippen LogP contribution in [0.3, 0.4) is 0 Å². The normalized spacial score (nSPS) is 12.7. The lowest BCUT2D eigenvalue weighted by molar-refractivity contribution is 0.604. The fourth-order valence-corrected chi connectivity index (χ4v) is 2.86. The highest BCUT2D eigenvalue weighted by atomic mass is 15.3. The Kier molecular flexibility index (Phi) is 3.76. The average molecular weight is 279 g/mol. The lowest BCUT2D eigenvalue weighted by atomic mass is 9.99. The van der Waals surface area contributed by atoms with E-state index >= 15 is 0 Å². The summed E-state index contributed by atoms with van der Waals surface area (Å²) in [4.78, 5) is 0. The second kappa shape index (κ2) is 5.70. The number of nitrogens with zero attached hydrogens (tertiary/aromatic N) is 2. The van der Waals surface area contributed by atoms with Gasteiger partial charge in [-0.25, -0.2) is 0 Å². The third-order valence-corrected chi connectivity index (χ3v) is 4.02. The monoisotopic (exact) mass is 279 g/mol. The van der Waals surface area contributed by atoms with Crippen LogP contribution in [-0.2, 0) is 13.5 Å². The van der Waals surface area contributed by atoms with E-state index in [0.29, 0.717) is 0 Å². The van der Waals surface area contributed by atoms with Crippen molar-refractivity contribution in [3.63, 3.8) is 0 Å². The lowest BCUT2D eigenvalue weighted by Gasteiger charge is -2.17. The first-order valence-electron chi connectivity index (χ1n) is 7.41. The second-order valence-electron chi connectivity index (χ2n) is 5.37. The van der Waals surface area contributed by atoms with Crippen molar-refractivity contribution < 1.29 is 0 Å². The van der Waals surface area contributed by atoms with Gasteiger partial charge in [0.2, 0.25) is 0 Å². The van der Waals surface area contributed by atoms with Crippen molar-refractivity contribution in [2.45, 2.75) is 19.4 Å². The van der Waals surface area contributed by atoms with Gasteiger partial charge in [0.1, 0.15) is 0 Å². The summed E-state index contributed by atoms with van der Waals surface area (Å²) >= 11 is 0. The van der Waals surface area contributed by atoms with Gasteiger partial charge in [-0.15, -0.1) is 0 Å². The summed E-state index contributed by atoms with van der Waals surface area (Å²) in [6, 6.07) is 17.5. The van der Waals surface area contributed by atoms with E-state index in [1.165, 1.54) is 22.0 Å². The minimum absolute atomic E-state index is 0.160. The SMILES string of the molecule is CCc1cc(C(NC)c2ccc3ccccc3c2)n(C)n1. The third-order valence-electron chi connectivity index (χ3n) is 4.02. The van der Waals surface area contributed by atoms with Crippen molar-refractivity contribution in [1.82, 2.24) is 15.1 Å². The summed E-state index contributed by atoms with van der Waals surface area (Å²) in [5, 5.41) is 10.5. The molecule has 0 spiro atoms. The molecule has 2 aromatic carbocycles. The predicted octanol–water partition coefficient (Wildman–Crippen LogP) is 3.44. The summed E-state index contributed by atoms with van der Waals surface area (Å²) in [6.07, 6.45) is 0.960. The van der Waals surface area contributed by atoms with E-state index in [4.69, 9.17) is 0 Å². The highest BCUT2D eigenvalue weighted by Crippen LogP contribution is 2.25. The van der Waals surface area contributed by atoms with Crippen molar-refractivity contribution in [1.29, 1.82) is 0 Å². The van der Waals surface area contributed by atoms with Crippen LogP contribution in [0.2, 0.25) is 0 Å². The van der Waals surface area contributed by atoms with Crippen molar-refractivity contribution in [2.75, 3.05) is 7.05 Å². The van der Waals surface area contributed by atoms with Gasteiger partial charge in [0, 0.05) is 7.05 Å². The largest absolute Gasteiger partial charge is 0.308 e. The van der Waals surface area contributed by atoms with E-state index < -0.39 is 0 Å². The van der Waals surface area contributed by atoms with Crippen molar-refractivity contribution >= 4 is 10.8 Å². The molecule has 3 heteroatoms. The first-order chi connectivity index (χ1) is 10.2.